The average molecular weight is 329 g/mol. The van der Waals surface area contributed by atoms with E-state index in [-0.39, 0.29) is 11.8 Å². The number of benzene rings is 1. The van der Waals surface area contributed by atoms with Crippen molar-refractivity contribution >= 4 is 12.0 Å². The average Bonchev–Trinajstić information content (AvgIpc) is 2.56. The number of allylic oxidation sites excluding steroid dienone is 2. The van der Waals surface area contributed by atoms with E-state index in [0.29, 0.717) is 0 Å². The van der Waals surface area contributed by atoms with Crippen molar-refractivity contribution in [2.75, 3.05) is 0 Å². The van der Waals surface area contributed by atoms with Crippen molar-refractivity contribution in [2.45, 2.75) is 33.0 Å². The Bertz CT molecular complexity index is 605. The molecule has 24 heavy (non-hydrogen) atoms. The summed E-state index contributed by atoms with van der Waals surface area (Å²) in [5, 5.41) is 20.6. The first-order chi connectivity index (χ1) is 11.3. The quantitative estimate of drug-likeness (QED) is 0.506. The van der Waals surface area contributed by atoms with E-state index in [0.717, 1.165) is 11.1 Å². The minimum Gasteiger partial charge on any atom is -0.392 e. The van der Waals surface area contributed by atoms with Crippen molar-refractivity contribution < 1.29 is 15.0 Å². The molecular weight excluding hydrogens is 302 g/mol. The van der Waals surface area contributed by atoms with E-state index in [1.165, 1.54) is 6.08 Å². The number of carbonyl (C=O) groups is 1. The number of amides is 1. The van der Waals surface area contributed by atoms with Gasteiger partial charge < -0.3 is 15.9 Å². The van der Waals surface area contributed by atoms with Gasteiger partial charge in [-0.25, -0.2) is 0 Å². The fourth-order valence-electron chi connectivity index (χ4n) is 2.32. The zero-order valence-corrected chi connectivity index (χ0v) is 14.5. The van der Waals surface area contributed by atoms with Gasteiger partial charge in [-0.15, -0.1) is 0 Å². The summed E-state index contributed by atoms with van der Waals surface area (Å²) in [6.45, 7) is 5.44. The van der Waals surface area contributed by atoms with Gasteiger partial charge in [-0.05, 0) is 18.1 Å². The number of carbonyl (C=O) groups excluding carboxylic acids is 1. The van der Waals surface area contributed by atoms with Crippen molar-refractivity contribution in [1.82, 2.24) is 0 Å². The molecule has 0 aliphatic carbocycles. The van der Waals surface area contributed by atoms with Gasteiger partial charge >= 0.3 is 0 Å². The van der Waals surface area contributed by atoms with Crippen LogP contribution in [0.25, 0.3) is 6.08 Å². The van der Waals surface area contributed by atoms with Gasteiger partial charge in [0.05, 0.1) is 12.2 Å². The molecule has 0 radical (unpaired) electrons. The van der Waals surface area contributed by atoms with Crippen LogP contribution < -0.4 is 5.73 Å². The van der Waals surface area contributed by atoms with Gasteiger partial charge in [-0.3, -0.25) is 4.79 Å². The summed E-state index contributed by atoms with van der Waals surface area (Å²) in [7, 11) is 0. The molecule has 1 amide bonds. The highest BCUT2D eigenvalue weighted by Gasteiger charge is 2.24. The summed E-state index contributed by atoms with van der Waals surface area (Å²) in [5.41, 5.74) is 6.81. The van der Waals surface area contributed by atoms with Crippen LogP contribution in [-0.4, -0.2) is 28.3 Å². The molecule has 0 aromatic heterocycles. The third kappa shape index (κ3) is 6.94. The molecule has 0 unspecified atom stereocenters. The Balaban J connectivity index is 2.65. The molecule has 0 heterocycles. The Morgan fingerprint density at radius 3 is 2.33 bits per heavy atom. The second-order valence-electron chi connectivity index (χ2n) is 6.12. The van der Waals surface area contributed by atoms with Crippen molar-refractivity contribution in [3.63, 3.8) is 0 Å². The third-order valence-corrected chi connectivity index (χ3v) is 3.93. The predicted molar refractivity (Wildman–Crippen MR) is 97.9 cm³/mol. The van der Waals surface area contributed by atoms with Crippen LogP contribution in [0.2, 0.25) is 0 Å². The molecule has 4 atom stereocenters. The highest BCUT2D eigenvalue weighted by atomic mass is 16.3. The zero-order valence-electron chi connectivity index (χ0n) is 14.5. The molecule has 130 valence electrons. The van der Waals surface area contributed by atoms with Gasteiger partial charge in [0.15, 0.2) is 0 Å². The Hall–Kier alpha value is -2.17. The summed E-state index contributed by atoms with van der Waals surface area (Å²) in [6.07, 6.45) is 6.96. The molecular formula is C20H27NO3. The Morgan fingerprint density at radius 2 is 1.75 bits per heavy atom. The van der Waals surface area contributed by atoms with E-state index < -0.39 is 18.1 Å². The van der Waals surface area contributed by atoms with Gasteiger partial charge in [0.1, 0.15) is 0 Å². The highest BCUT2D eigenvalue weighted by Crippen LogP contribution is 2.19. The maximum absolute atomic E-state index is 10.8. The molecule has 4 N–H and O–H groups in total. The molecule has 4 heteroatoms. The third-order valence-electron chi connectivity index (χ3n) is 3.93. The summed E-state index contributed by atoms with van der Waals surface area (Å²) in [4.78, 5) is 10.8. The van der Waals surface area contributed by atoms with E-state index >= 15 is 0 Å². The number of aliphatic hydroxyl groups excluding tert-OH is 2. The Kier molecular flexibility index (Phi) is 8.16. The van der Waals surface area contributed by atoms with E-state index in [9.17, 15) is 15.0 Å². The van der Waals surface area contributed by atoms with E-state index in [4.69, 9.17) is 5.73 Å². The minimum absolute atomic E-state index is 0.170. The monoisotopic (exact) mass is 329 g/mol. The molecule has 1 aromatic carbocycles. The fraction of sp³-hybridized carbons (Fsp3) is 0.350. The van der Waals surface area contributed by atoms with Crippen LogP contribution in [0.15, 0.2) is 60.2 Å². The number of primary amides is 1. The minimum atomic E-state index is -0.752. The summed E-state index contributed by atoms with van der Waals surface area (Å²) in [5.74, 6) is -0.999. The van der Waals surface area contributed by atoms with E-state index in [2.05, 4.69) is 0 Å². The lowest BCUT2D eigenvalue weighted by molar-refractivity contribution is -0.113. The second kappa shape index (κ2) is 9.85. The number of nitrogens with two attached hydrogens (primary N) is 1. The summed E-state index contributed by atoms with van der Waals surface area (Å²) >= 11 is 0. The van der Waals surface area contributed by atoms with Crippen LogP contribution in [-0.2, 0) is 4.79 Å². The normalized spacial score (nSPS) is 17.8. The lowest BCUT2D eigenvalue weighted by Gasteiger charge is -2.25. The maximum Gasteiger partial charge on any atom is 0.241 e. The van der Waals surface area contributed by atoms with Gasteiger partial charge in [0.2, 0.25) is 5.91 Å². The first-order valence-electron chi connectivity index (χ1n) is 8.06. The molecule has 0 aliphatic heterocycles. The summed E-state index contributed by atoms with van der Waals surface area (Å²) < 4.78 is 0. The lowest BCUT2D eigenvalue weighted by atomic mass is 9.88. The molecule has 4 nitrogen and oxygen atoms in total. The highest BCUT2D eigenvalue weighted by molar-refractivity contribution is 5.86. The van der Waals surface area contributed by atoms with Crippen LogP contribution in [0.3, 0.4) is 0 Å². The first-order valence-corrected chi connectivity index (χ1v) is 8.06. The van der Waals surface area contributed by atoms with Gasteiger partial charge in [-0.1, -0.05) is 68.5 Å². The van der Waals surface area contributed by atoms with Gasteiger partial charge in [0, 0.05) is 17.9 Å². The number of aliphatic hydroxyl groups is 2. The zero-order chi connectivity index (χ0) is 18.1. The SMILES string of the molecule is CC(/C=C/[C@H](C)[C@H](O)[C@H](C)[C@@H](O)/C=C/c1ccccc1)=C\C(N)=O. The molecule has 0 saturated heterocycles. The standard InChI is InChI=1S/C20H27NO3/c1-14(13-19(21)23)9-10-15(2)20(24)16(3)18(22)12-11-17-7-5-4-6-8-17/h4-13,15-16,18,20,22,24H,1-3H3,(H2,21,23)/b10-9+,12-11+,14-13+/t15-,16+,18-,20-/m0/s1. The molecule has 0 fully saturated rings. The number of hydrogen-bond acceptors (Lipinski definition) is 3. The van der Waals surface area contributed by atoms with Crippen LogP contribution in [0.5, 0.6) is 0 Å². The van der Waals surface area contributed by atoms with Crippen molar-refractivity contribution in [3.05, 3.63) is 65.8 Å². The van der Waals surface area contributed by atoms with E-state index in [1.54, 1.807) is 26.0 Å². The second-order valence-corrected chi connectivity index (χ2v) is 6.12. The van der Waals surface area contributed by atoms with Crippen molar-refractivity contribution in [2.24, 2.45) is 17.6 Å². The van der Waals surface area contributed by atoms with Gasteiger partial charge in [0.25, 0.3) is 0 Å². The van der Waals surface area contributed by atoms with E-state index in [1.807, 2.05) is 49.4 Å². The topological polar surface area (TPSA) is 83.6 Å². The van der Waals surface area contributed by atoms with Crippen LogP contribution in [0, 0.1) is 11.8 Å². The summed E-state index contributed by atoms with van der Waals surface area (Å²) in [6, 6.07) is 9.69. The molecule has 0 aliphatic rings. The first kappa shape index (κ1) is 19.9. The largest absolute Gasteiger partial charge is 0.392 e. The van der Waals surface area contributed by atoms with Crippen LogP contribution >= 0.6 is 0 Å². The smallest absolute Gasteiger partial charge is 0.241 e. The Morgan fingerprint density at radius 1 is 1.12 bits per heavy atom. The van der Waals surface area contributed by atoms with Crippen LogP contribution in [0.1, 0.15) is 26.3 Å². The molecule has 0 saturated carbocycles. The fourth-order valence-corrected chi connectivity index (χ4v) is 2.32. The Labute approximate surface area is 144 Å². The molecule has 1 rings (SSSR count). The molecule has 0 bridgehead atoms. The molecule has 1 aromatic rings. The van der Waals surface area contributed by atoms with Crippen molar-refractivity contribution in [1.29, 1.82) is 0 Å². The number of rotatable bonds is 8. The number of hydrogen-bond donors (Lipinski definition) is 3. The van der Waals surface area contributed by atoms with Gasteiger partial charge in [-0.2, -0.15) is 0 Å². The predicted octanol–water partition coefficient (Wildman–Crippen LogP) is 2.68. The lowest BCUT2D eigenvalue weighted by Crippen LogP contribution is -2.32. The maximum atomic E-state index is 10.8. The van der Waals surface area contributed by atoms with Crippen LogP contribution in [0.4, 0.5) is 0 Å². The van der Waals surface area contributed by atoms with Crippen molar-refractivity contribution in [3.8, 4) is 0 Å². The molecule has 0 spiro atoms.